The number of hydrogen-bond donors (Lipinski definition) is 2. The second kappa shape index (κ2) is 11.9. The van der Waals surface area contributed by atoms with E-state index in [0.29, 0.717) is 18.3 Å². The Morgan fingerprint density at radius 1 is 1.07 bits per heavy atom. The molecule has 0 aliphatic heterocycles. The Morgan fingerprint density at radius 3 is 2.51 bits per heavy atom. The number of hydrazone groups is 1. The van der Waals surface area contributed by atoms with Crippen LogP contribution in [-0.2, 0) is 0 Å². The Labute approximate surface area is 253 Å². The van der Waals surface area contributed by atoms with Gasteiger partial charge in [0.25, 0.3) is 5.69 Å². The zero-order valence-electron chi connectivity index (χ0n) is 25.9. The van der Waals surface area contributed by atoms with E-state index in [9.17, 15) is 30.2 Å². The number of nitroso groups, excluding NO2 is 1. The summed E-state index contributed by atoms with van der Waals surface area (Å²) in [5.41, 5.74) is 0.614. The third-order valence-corrected chi connectivity index (χ3v) is 12.4. The van der Waals surface area contributed by atoms with Crippen molar-refractivity contribution in [2.24, 2.45) is 56.6 Å². The summed E-state index contributed by atoms with van der Waals surface area (Å²) < 4.78 is 0. The lowest BCUT2D eigenvalue weighted by atomic mass is 9.54. The molecule has 0 amide bonds. The maximum atomic E-state index is 12.6. The first-order valence-electron chi connectivity index (χ1n) is 16.1. The Balaban J connectivity index is 1.45. The summed E-state index contributed by atoms with van der Waals surface area (Å²) in [5, 5.41) is 43.3. The first-order valence-corrected chi connectivity index (χ1v) is 16.1. The van der Waals surface area contributed by atoms with Crippen LogP contribution in [0.25, 0.3) is 0 Å². The number of unbranched alkanes of at least 4 members (excludes halogenated alkanes) is 1. The third kappa shape index (κ3) is 5.36. The molecule has 11 heteroatoms. The van der Waals surface area contributed by atoms with E-state index in [0.717, 1.165) is 37.7 Å². The van der Waals surface area contributed by atoms with E-state index in [-0.39, 0.29) is 46.4 Å². The number of benzene rings is 1. The second-order valence-corrected chi connectivity index (χ2v) is 14.8. The molecule has 9 atom stereocenters. The molecule has 43 heavy (non-hydrogen) atoms. The average molecular weight is 598 g/mol. The summed E-state index contributed by atoms with van der Waals surface area (Å²) >= 11 is 0. The molecule has 0 bridgehead atoms. The second-order valence-electron chi connectivity index (χ2n) is 14.8. The predicted octanol–water partition coefficient (Wildman–Crippen LogP) is 7.86. The third-order valence-electron chi connectivity index (χ3n) is 12.4. The van der Waals surface area contributed by atoms with Crippen molar-refractivity contribution in [2.45, 2.75) is 110 Å². The standard InChI is InChI=1S/C32H47N5O6/c1-20(2)7-5-6-8-21-9-11-24-29-25(14-15-30(21,24)3)31(4)16-13-22(35-39)18-32(31,38)26(29)19-33-34-27-12-10-23(36(40)41)17-28(27)37(42)43/h10,12,17,19-22,24-26,29,34,38H,5-9,11,13-16,18H2,1-4H3/b33-19+/t21-,22?,24?,25?,26+,29?,30+,31+,32+/m0/s1. The summed E-state index contributed by atoms with van der Waals surface area (Å²) in [7, 11) is 0. The summed E-state index contributed by atoms with van der Waals surface area (Å²) in [6, 6.07) is 2.95. The molecule has 4 aliphatic rings. The molecule has 1 aromatic carbocycles. The van der Waals surface area contributed by atoms with Crippen LogP contribution >= 0.6 is 0 Å². The van der Waals surface area contributed by atoms with Crippen LogP contribution in [0.5, 0.6) is 0 Å². The van der Waals surface area contributed by atoms with Crippen molar-refractivity contribution in [1.82, 2.24) is 0 Å². The molecule has 5 rings (SSSR count). The fourth-order valence-electron chi connectivity index (χ4n) is 10.1. The van der Waals surface area contributed by atoms with Gasteiger partial charge in [-0.1, -0.05) is 52.1 Å². The van der Waals surface area contributed by atoms with Crippen LogP contribution in [0.15, 0.2) is 28.5 Å². The number of non-ortho nitro benzene ring substituents is 1. The number of nitro groups is 2. The van der Waals surface area contributed by atoms with Gasteiger partial charge in [0.2, 0.25) is 0 Å². The van der Waals surface area contributed by atoms with Crippen LogP contribution in [0.3, 0.4) is 0 Å². The summed E-state index contributed by atoms with van der Waals surface area (Å²) in [5.74, 6) is 1.90. The van der Waals surface area contributed by atoms with E-state index in [2.05, 4.69) is 43.4 Å². The van der Waals surface area contributed by atoms with E-state index in [1.807, 2.05) is 0 Å². The smallest absolute Gasteiger partial charge is 0.301 e. The molecular weight excluding hydrogens is 550 g/mol. The first kappa shape index (κ1) is 31.5. The van der Waals surface area contributed by atoms with E-state index < -0.39 is 27.2 Å². The SMILES string of the molecule is CC(C)CCCC[C@H]1CCC2C3C(CC[C@@]21C)[C@@]1(C)CCC(N=O)C[C@@]1(O)[C@@H]3/C=N/Nc1ccc([N+](=O)[O-])cc1[N+](=O)[O-]. The van der Waals surface area contributed by atoms with Crippen molar-refractivity contribution in [3.63, 3.8) is 0 Å². The molecule has 1 aromatic rings. The lowest BCUT2D eigenvalue weighted by Crippen LogP contribution is -2.54. The first-order chi connectivity index (χ1) is 20.4. The van der Waals surface area contributed by atoms with E-state index in [1.165, 1.54) is 44.2 Å². The topological polar surface area (TPSA) is 160 Å². The van der Waals surface area contributed by atoms with Crippen LogP contribution in [0.4, 0.5) is 17.1 Å². The molecule has 4 aliphatic carbocycles. The molecule has 0 aromatic heterocycles. The van der Waals surface area contributed by atoms with Crippen molar-refractivity contribution in [1.29, 1.82) is 0 Å². The number of hydrogen-bond acceptors (Lipinski definition) is 9. The van der Waals surface area contributed by atoms with Gasteiger partial charge in [0.15, 0.2) is 0 Å². The molecule has 0 heterocycles. The maximum Gasteiger partial charge on any atom is 0.301 e. The van der Waals surface area contributed by atoms with Gasteiger partial charge in [0, 0.05) is 30.0 Å². The highest BCUT2D eigenvalue weighted by molar-refractivity contribution is 5.70. The minimum atomic E-state index is -1.17. The van der Waals surface area contributed by atoms with Crippen molar-refractivity contribution < 1.29 is 15.0 Å². The Bertz CT molecular complexity index is 1270. The lowest BCUT2D eigenvalue weighted by molar-refractivity contribution is -0.393. The molecule has 0 saturated heterocycles. The van der Waals surface area contributed by atoms with E-state index >= 15 is 0 Å². The highest BCUT2D eigenvalue weighted by Crippen LogP contribution is 2.72. The molecule has 0 radical (unpaired) electrons. The van der Waals surface area contributed by atoms with Crippen LogP contribution in [0.1, 0.15) is 98.3 Å². The zero-order chi connectivity index (χ0) is 31.2. The lowest BCUT2D eigenvalue weighted by Gasteiger charge is -2.52. The van der Waals surface area contributed by atoms with Crippen LogP contribution < -0.4 is 5.43 Å². The number of nitro benzene ring substituents is 2. The van der Waals surface area contributed by atoms with Gasteiger partial charge in [-0.3, -0.25) is 25.7 Å². The summed E-state index contributed by atoms with van der Waals surface area (Å²) in [6.07, 6.45) is 12.9. The van der Waals surface area contributed by atoms with Crippen LogP contribution in [0, 0.1) is 71.5 Å². The highest BCUT2D eigenvalue weighted by atomic mass is 16.6. The number of aliphatic hydroxyl groups is 1. The molecule has 2 N–H and O–H groups in total. The molecule has 0 spiro atoms. The van der Waals surface area contributed by atoms with Gasteiger partial charge >= 0.3 is 5.69 Å². The Morgan fingerprint density at radius 2 is 1.84 bits per heavy atom. The quantitative estimate of drug-likeness (QED) is 0.0862. The number of anilines is 1. The van der Waals surface area contributed by atoms with Crippen LogP contribution in [-0.4, -0.2) is 32.8 Å². The molecule has 4 fully saturated rings. The van der Waals surface area contributed by atoms with Crippen molar-refractivity contribution >= 4 is 23.3 Å². The molecular formula is C32H47N5O6. The summed E-state index contributed by atoms with van der Waals surface area (Å²) in [6.45, 7) is 9.21. The summed E-state index contributed by atoms with van der Waals surface area (Å²) in [4.78, 5) is 33.2. The Hall–Kier alpha value is -2.95. The number of fused-ring (bicyclic) bond motifs is 5. The van der Waals surface area contributed by atoms with Gasteiger partial charge in [0.1, 0.15) is 5.69 Å². The largest absolute Gasteiger partial charge is 0.389 e. The number of rotatable bonds is 11. The normalized spacial score (nSPS) is 38.5. The number of nitrogens with zero attached hydrogens (tertiary/aromatic N) is 4. The van der Waals surface area contributed by atoms with Gasteiger partial charge in [-0.2, -0.15) is 10.0 Å². The van der Waals surface area contributed by atoms with E-state index in [1.54, 1.807) is 6.21 Å². The Kier molecular flexibility index (Phi) is 8.68. The monoisotopic (exact) mass is 597 g/mol. The average Bonchev–Trinajstić information content (AvgIpc) is 3.39. The van der Waals surface area contributed by atoms with Gasteiger partial charge in [-0.15, -0.1) is 0 Å². The van der Waals surface area contributed by atoms with Gasteiger partial charge < -0.3 is 5.11 Å². The van der Waals surface area contributed by atoms with Crippen molar-refractivity contribution in [3.05, 3.63) is 43.3 Å². The molecule has 236 valence electrons. The van der Waals surface area contributed by atoms with Crippen molar-refractivity contribution in [3.8, 4) is 0 Å². The van der Waals surface area contributed by atoms with E-state index in [4.69, 9.17) is 0 Å². The fraction of sp³-hybridized carbons (Fsp3) is 0.781. The number of nitrogens with one attached hydrogen (secondary N) is 1. The predicted molar refractivity (Wildman–Crippen MR) is 166 cm³/mol. The molecule has 4 unspecified atom stereocenters. The van der Waals surface area contributed by atoms with Crippen molar-refractivity contribution in [2.75, 3.05) is 5.43 Å². The minimum Gasteiger partial charge on any atom is -0.389 e. The van der Waals surface area contributed by atoms with Gasteiger partial charge in [-0.25, -0.2) is 0 Å². The van der Waals surface area contributed by atoms with Crippen LogP contribution in [0.2, 0.25) is 0 Å². The molecule has 4 saturated carbocycles. The minimum absolute atomic E-state index is 0.0445. The zero-order valence-corrected chi connectivity index (χ0v) is 25.9. The fourth-order valence-corrected chi connectivity index (χ4v) is 10.1. The van der Waals surface area contributed by atoms with Gasteiger partial charge in [0.05, 0.1) is 27.6 Å². The van der Waals surface area contributed by atoms with Gasteiger partial charge in [-0.05, 0) is 86.0 Å². The maximum absolute atomic E-state index is 12.6. The molecule has 11 nitrogen and oxygen atoms in total. The highest BCUT2D eigenvalue weighted by Gasteiger charge is 2.71.